The Morgan fingerprint density at radius 1 is 1.12 bits per heavy atom. The van der Waals surface area contributed by atoms with Crippen molar-refractivity contribution in [1.82, 2.24) is 24.6 Å². The third-order valence-corrected chi connectivity index (χ3v) is 4.19. The molecular weight excluding hydrogens is 423 g/mol. The zero-order chi connectivity index (χ0) is 23.3. The summed E-state index contributed by atoms with van der Waals surface area (Å²) in [6.07, 6.45) is 0.421. The molecule has 164 valence electrons. The fraction of sp³-hybridized carbons (Fsp3) is 0.0526. The molecule has 0 aliphatic heterocycles. The number of nitrogens with two attached hydrogens (primary N) is 2. The summed E-state index contributed by atoms with van der Waals surface area (Å²) in [7, 11) is 0. The molecule has 3 heterocycles. The second kappa shape index (κ2) is 9.34. The average Bonchev–Trinajstić information content (AvgIpc) is 3.11. The number of halogens is 1. The van der Waals surface area contributed by atoms with Crippen LogP contribution in [0.1, 0.15) is 11.4 Å². The van der Waals surface area contributed by atoms with Gasteiger partial charge in [-0.05, 0) is 23.8 Å². The molecule has 12 nitrogen and oxygen atoms in total. The van der Waals surface area contributed by atoms with Crippen LogP contribution in [0.4, 0.5) is 26.5 Å². The Kier molecular flexibility index (Phi) is 6.39. The van der Waals surface area contributed by atoms with E-state index < -0.39 is 6.09 Å². The minimum Gasteiger partial charge on any atom is -0.483 e. The maximum Gasteiger partial charge on any atom is 0.409 e. The van der Waals surface area contributed by atoms with Crippen molar-refractivity contribution in [2.75, 3.05) is 16.8 Å². The lowest BCUT2D eigenvalue weighted by molar-refractivity contribution is -0.122. The van der Waals surface area contributed by atoms with Crippen molar-refractivity contribution in [3.8, 4) is 11.5 Å². The minimum atomic E-state index is -1.34. The second-order valence-electron chi connectivity index (χ2n) is 6.19. The van der Waals surface area contributed by atoms with Gasteiger partial charge in [0.1, 0.15) is 23.0 Å². The number of amides is 1. The lowest BCUT2D eigenvalue weighted by atomic mass is 10.1. The third kappa shape index (κ3) is 4.51. The maximum atomic E-state index is 14.1. The fourth-order valence-corrected chi connectivity index (χ4v) is 2.92. The van der Waals surface area contributed by atoms with Gasteiger partial charge in [0.2, 0.25) is 0 Å². The first kappa shape index (κ1) is 21.9. The maximum absolute atomic E-state index is 14.1. The molecule has 0 aliphatic carbocycles. The Hall–Kier alpha value is -4.81. The number of carboxylic acid groups (broad SMARTS) is 2. The lowest BCUT2D eigenvalue weighted by Gasteiger charge is -2.08. The molecule has 7 N–H and O–H groups in total. The number of imidazole rings is 1. The van der Waals surface area contributed by atoms with Crippen LogP contribution in [0.2, 0.25) is 0 Å². The highest BCUT2D eigenvalue weighted by atomic mass is 19.1. The number of benzene rings is 1. The van der Waals surface area contributed by atoms with Gasteiger partial charge < -0.3 is 21.7 Å². The van der Waals surface area contributed by atoms with Gasteiger partial charge in [0.05, 0.1) is 5.52 Å². The summed E-state index contributed by atoms with van der Waals surface area (Å²) in [6, 6.07) is 9.84. The molecule has 0 atom stereocenters. The molecule has 0 bridgehead atoms. The molecule has 0 fully saturated rings. The van der Waals surface area contributed by atoms with Gasteiger partial charge in [0.25, 0.3) is 6.47 Å². The summed E-state index contributed by atoms with van der Waals surface area (Å²) in [5, 5.41) is 22.1. The highest BCUT2D eigenvalue weighted by Crippen LogP contribution is 2.29. The van der Waals surface area contributed by atoms with E-state index in [0.29, 0.717) is 22.6 Å². The van der Waals surface area contributed by atoms with Crippen LogP contribution in [-0.2, 0) is 11.2 Å². The Morgan fingerprint density at radius 2 is 1.78 bits per heavy atom. The lowest BCUT2D eigenvalue weighted by Crippen LogP contribution is -2.14. The molecule has 1 amide bonds. The van der Waals surface area contributed by atoms with Gasteiger partial charge in [-0.2, -0.15) is 5.10 Å². The summed E-state index contributed by atoms with van der Waals surface area (Å²) < 4.78 is 15.6. The molecule has 13 heteroatoms. The van der Waals surface area contributed by atoms with Crippen molar-refractivity contribution >= 4 is 35.4 Å². The Morgan fingerprint density at radius 3 is 2.41 bits per heavy atom. The van der Waals surface area contributed by atoms with Crippen LogP contribution < -0.4 is 16.8 Å². The molecule has 0 unspecified atom stereocenters. The van der Waals surface area contributed by atoms with E-state index >= 15 is 0 Å². The smallest absolute Gasteiger partial charge is 0.409 e. The third-order valence-electron chi connectivity index (χ3n) is 4.19. The summed E-state index contributed by atoms with van der Waals surface area (Å²) in [5.74, 6) is -0.0721. The van der Waals surface area contributed by atoms with Crippen LogP contribution in [0.5, 0.6) is 0 Å². The molecule has 0 aliphatic rings. The number of carbonyl (C=O) groups is 2. The van der Waals surface area contributed by atoms with Crippen molar-refractivity contribution in [2.45, 2.75) is 6.42 Å². The van der Waals surface area contributed by atoms with Gasteiger partial charge in [0, 0.05) is 12.6 Å². The second-order valence-corrected chi connectivity index (χ2v) is 6.19. The molecule has 0 radical (unpaired) electrons. The summed E-state index contributed by atoms with van der Waals surface area (Å²) >= 11 is 0. The van der Waals surface area contributed by atoms with E-state index in [4.69, 9.17) is 26.5 Å². The number of rotatable bonds is 4. The van der Waals surface area contributed by atoms with E-state index in [1.807, 2.05) is 0 Å². The quantitative estimate of drug-likeness (QED) is 0.292. The topological polar surface area (TPSA) is 195 Å². The van der Waals surface area contributed by atoms with Crippen LogP contribution in [-0.4, -0.2) is 47.3 Å². The number of hydrogen-bond acceptors (Lipinski definition) is 8. The first-order valence-electron chi connectivity index (χ1n) is 8.92. The monoisotopic (exact) mass is 440 g/mol. The first-order chi connectivity index (χ1) is 15.3. The van der Waals surface area contributed by atoms with Gasteiger partial charge in [-0.1, -0.05) is 18.2 Å². The van der Waals surface area contributed by atoms with E-state index in [0.717, 1.165) is 0 Å². The summed E-state index contributed by atoms with van der Waals surface area (Å²) in [6.45, 7) is -0.250. The number of aromatic nitrogens is 5. The largest absolute Gasteiger partial charge is 0.483 e. The number of anilines is 3. The highest BCUT2D eigenvalue weighted by Gasteiger charge is 2.20. The zero-order valence-corrected chi connectivity index (χ0v) is 16.3. The SMILES string of the molecule is Nc1nc(-c2nc(Cc3ccccc3F)n3ncccc23)nc(N)c1NC(=O)O.O=CO. The summed E-state index contributed by atoms with van der Waals surface area (Å²) in [4.78, 5) is 32.0. The van der Waals surface area contributed by atoms with E-state index in [9.17, 15) is 9.18 Å². The number of nitrogens with zero attached hydrogens (tertiary/aromatic N) is 5. The molecule has 32 heavy (non-hydrogen) atoms. The molecule has 3 aromatic heterocycles. The molecule has 0 saturated heterocycles. The van der Waals surface area contributed by atoms with Gasteiger partial charge >= 0.3 is 6.09 Å². The summed E-state index contributed by atoms with van der Waals surface area (Å²) in [5.41, 5.74) is 12.9. The van der Waals surface area contributed by atoms with Crippen molar-refractivity contribution in [1.29, 1.82) is 0 Å². The van der Waals surface area contributed by atoms with Crippen molar-refractivity contribution < 1.29 is 24.2 Å². The van der Waals surface area contributed by atoms with Gasteiger partial charge in [-0.15, -0.1) is 0 Å². The van der Waals surface area contributed by atoms with E-state index in [-0.39, 0.29) is 41.9 Å². The van der Waals surface area contributed by atoms with Crippen molar-refractivity contribution in [3.05, 3.63) is 59.8 Å². The van der Waals surface area contributed by atoms with Crippen LogP contribution >= 0.6 is 0 Å². The van der Waals surface area contributed by atoms with Crippen LogP contribution in [0.25, 0.3) is 17.0 Å². The molecule has 4 aromatic rings. The Balaban J connectivity index is 0.000000913. The predicted octanol–water partition coefficient (Wildman–Crippen LogP) is 1.87. The Labute approximate surface area is 179 Å². The van der Waals surface area contributed by atoms with E-state index in [1.165, 1.54) is 6.07 Å². The number of nitrogens with one attached hydrogen (secondary N) is 1. The molecule has 0 spiro atoms. The predicted molar refractivity (Wildman–Crippen MR) is 112 cm³/mol. The fourth-order valence-electron chi connectivity index (χ4n) is 2.92. The van der Waals surface area contributed by atoms with Crippen LogP contribution in [0.15, 0.2) is 42.6 Å². The minimum absolute atomic E-state index is 0.0984. The average molecular weight is 440 g/mol. The molecule has 4 rings (SSSR count). The van der Waals surface area contributed by atoms with Gasteiger partial charge in [0.15, 0.2) is 17.5 Å². The van der Waals surface area contributed by atoms with Crippen molar-refractivity contribution in [2.24, 2.45) is 0 Å². The number of fused-ring (bicyclic) bond motifs is 1. The van der Waals surface area contributed by atoms with E-state index in [2.05, 4.69) is 25.4 Å². The normalized spacial score (nSPS) is 10.3. The highest BCUT2D eigenvalue weighted by molar-refractivity contribution is 5.92. The van der Waals surface area contributed by atoms with Gasteiger partial charge in [-0.25, -0.2) is 28.7 Å². The Bertz CT molecular complexity index is 1270. The van der Waals surface area contributed by atoms with Crippen molar-refractivity contribution in [3.63, 3.8) is 0 Å². The van der Waals surface area contributed by atoms with Crippen LogP contribution in [0, 0.1) is 5.82 Å². The zero-order valence-electron chi connectivity index (χ0n) is 16.3. The first-order valence-corrected chi connectivity index (χ1v) is 8.92. The van der Waals surface area contributed by atoms with Gasteiger partial charge in [-0.3, -0.25) is 10.1 Å². The number of hydrogen-bond donors (Lipinski definition) is 5. The molecule has 1 aromatic carbocycles. The van der Waals surface area contributed by atoms with Crippen LogP contribution in [0.3, 0.4) is 0 Å². The standard InChI is InChI=1S/C18H15FN8O2.CH2O2/c19-10-5-2-1-4-9(10)8-12-23-13(11-6-3-7-22-27(11)12)17-25-15(20)14(16(21)26-17)24-18(28)29;2-1-3/h1-7,24H,8H2,(H,28,29)(H4,20,21,25,26);1H,(H,2,3). The molecular formula is C19H17FN8O4. The van der Waals surface area contributed by atoms with E-state index in [1.54, 1.807) is 41.0 Å². The number of nitrogen functional groups attached to an aromatic ring is 2. The molecule has 0 saturated carbocycles.